The number of aryl methyl sites for hydroxylation is 1. The average Bonchev–Trinajstić information content (AvgIpc) is 2.81. The number of aromatic nitrogens is 1. The van der Waals surface area contributed by atoms with E-state index in [4.69, 9.17) is 16.3 Å². The summed E-state index contributed by atoms with van der Waals surface area (Å²) >= 11 is 5.88. The van der Waals surface area contributed by atoms with Crippen LogP contribution in [0.2, 0.25) is 5.02 Å². The SMILES string of the molecule is COc1ccc(Cl)cc1NC(=O)c1cc([N+](=O)[O-])cn1C. The zero-order valence-electron chi connectivity index (χ0n) is 11.3. The number of nitrogens with one attached hydrogen (secondary N) is 1. The standard InChI is InChI=1S/C13H12ClN3O4/c1-16-7-9(17(19)20)6-11(16)13(18)15-10-5-8(14)3-4-12(10)21-2/h3-7H,1-2H3,(H,15,18). The summed E-state index contributed by atoms with van der Waals surface area (Å²) in [7, 11) is 3.02. The lowest BCUT2D eigenvalue weighted by Crippen LogP contribution is -2.15. The van der Waals surface area contributed by atoms with Crippen LogP contribution in [0.4, 0.5) is 11.4 Å². The molecule has 0 spiro atoms. The summed E-state index contributed by atoms with van der Waals surface area (Å²) in [6, 6.07) is 5.98. The number of methoxy groups -OCH3 is 1. The monoisotopic (exact) mass is 309 g/mol. The van der Waals surface area contributed by atoms with Gasteiger partial charge in [-0.1, -0.05) is 11.6 Å². The maximum atomic E-state index is 12.2. The van der Waals surface area contributed by atoms with Gasteiger partial charge in [-0.15, -0.1) is 0 Å². The Kier molecular flexibility index (Phi) is 4.13. The Morgan fingerprint density at radius 3 is 2.71 bits per heavy atom. The molecule has 1 heterocycles. The summed E-state index contributed by atoms with van der Waals surface area (Å²) in [4.78, 5) is 22.4. The van der Waals surface area contributed by atoms with E-state index in [0.717, 1.165) is 0 Å². The van der Waals surface area contributed by atoms with Gasteiger partial charge in [-0.05, 0) is 18.2 Å². The van der Waals surface area contributed by atoms with Crippen molar-refractivity contribution >= 4 is 28.9 Å². The number of halogens is 1. The molecule has 0 radical (unpaired) electrons. The van der Waals surface area contributed by atoms with Gasteiger partial charge < -0.3 is 14.6 Å². The van der Waals surface area contributed by atoms with E-state index in [1.165, 1.54) is 30.0 Å². The quantitative estimate of drug-likeness (QED) is 0.695. The van der Waals surface area contributed by atoms with E-state index in [0.29, 0.717) is 16.5 Å². The van der Waals surface area contributed by atoms with E-state index in [2.05, 4.69) is 5.32 Å². The lowest BCUT2D eigenvalue weighted by Gasteiger charge is -2.10. The van der Waals surface area contributed by atoms with Gasteiger partial charge in [0.15, 0.2) is 0 Å². The van der Waals surface area contributed by atoms with Gasteiger partial charge in [-0.25, -0.2) is 0 Å². The van der Waals surface area contributed by atoms with Crippen LogP contribution in [0.25, 0.3) is 0 Å². The summed E-state index contributed by atoms with van der Waals surface area (Å²) < 4.78 is 6.50. The van der Waals surface area contributed by atoms with Crippen molar-refractivity contribution in [3.8, 4) is 5.75 Å². The van der Waals surface area contributed by atoms with E-state index in [1.54, 1.807) is 19.2 Å². The second kappa shape index (κ2) is 5.84. The third kappa shape index (κ3) is 3.14. The number of carbonyl (C=O) groups excluding carboxylic acids is 1. The predicted molar refractivity (Wildman–Crippen MR) is 78.0 cm³/mol. The number of nitrogens with zero attached hydrogens (tertiary/aromatic N) is 2. The first-order chi connectivity index (χ1) is 9.92. The minimum absolute atomic E-state index is 0.152. The molecule has 0 fully saturated rings. The van der Waals surface area contributed by atoms with Crippen LogP contribution in [-0.4, -0.2) is 22.5 Å². The van der Waals surface area contributed by atoms with Gasteiger partial charge >= 0.3 is 0 Å². The first-order valence-electron chi connectivity index (χ1n) is 5.88. The maximum absolute atomic E-state index is 12.2. The van der Waals surface area contributed by atoms with Crippen LogP contribution in [0.5, 0.6) is 5.75 Å². The lowest BCUT2D eigenvalue weighted by atomic mass is 10.2. The first kappa shape index (κ1) is 14.9. The van der Waals surface area contributed by atoms with E-state index >= 15 is 0 Å². The van der Waals surface area contributed by atoms with Crippen molar-refractivity contribution in [1.82, 2.24) is 4.57 Å². The maximum Gasteiger partial charge on any atom is 0.287 e. The van der Waals surface area contributed by atoms with Gasteiger partial charge in [0.25, 0.3) is 11.6 Å². The third-order valence-corrected chi connectivity index (χ3v) is 3.08. The molecule has 7 nitrogen and oxygen atoms in total. The molecule has 0 saturated carbocycles. The fraction of sp³-hybridized carbons (Fsp3) is 0.154. The van der Waals surface area contributed by atoms with E-state index in [9.17, 15) is 14.9 Å². The van der Waals surface area contributed by atoms with Gasteiger partial charge in [0, 0.05) is 18.1 Å². The summed E-state index contributed by atoms with van der Waals surface area (Å²) in [6.07, 6.45) is 1.27. The molecule has 1 amide bonds. The van der Waals surface area contributed by atoms with Crippen LogP contribution in [0.15, 0.2) is 30.5 Å². The molecule has 0 bridgehead atoms. The average molecular weight is 310 g/mol. The number of amides is 1. The number of ether oxygens (including phenoxy) is 1. The molecule has 0 unspecified atom stereocenters. The van der Waals surface area contributed by atoms with Crippen molar-refractivity contribution in [2.24, 2.45) is 7.05 Å². The van der Waals surface area contributed by atoms with Crippen molar-refractivity contribution in [2.45, 2.75) is 0 Å². The van der Waals surface area contributed by atoms with Crippen molar-refractivity contribution in [3.63, 3.8) is 0 Å². The molecule has 0 saturated heterocycles. The molecule has 1 aromatic heterocycles. The minimum atomic E-state index is -0.559. The molecule has 0 aliphatic carbocycles. The minimum Gasteiger partial charge on any atom is -0.495 e. The molecule has 0 aliphatic heterocycles. The normalized spacial score (nSPS) is 10.2. The number of anilines is 1. The van der Waals surface area contributed by atoms with Gasteiger partial charge in [0.1, 0.15) is 11.4 Å². The molecule has 0 aliphatic rings. The molecule has 21 heavy (non-hydrogen) atoms. The van der Waals surface area contributed by atoms with E-state index in [1.807, 2.05) is 0 Å². The second-order valence-corrected chi connectivity index (χ2v) is 4.69. The number of nitro groups is 1. The molecule has 1 N–H and O–H groups in total. The Hall–Kier alpha value is -2.54. The van der Waals surface area contributed by atoms with Crippen LogP contribution in [-0.2, 0) is 7.05 Å². The zero-order chi connectivity index (χ0) is 15.6. The fourth-order valence-electron chi connectivity index (χ4n) is 1.84. The Morgan fingerprint density at radius 2 is 2.14 bits per heavy atom. The zero-order valence-corrected chi connectivity index (χ0v) is 12.0. The number of hydrogen-bond donors (Lipinski definition) is 1. The Balaban J connectivity index is 2.30. The number of carbonyl (C=O) groups is 1. The van der Waals surface area contributed by atoms with Crippen molar-refractivity contribution in [1.29, 1.82) is 0 Å². The number of rotatable bonds is 4. The summed E-state index contributed by atoms with van der Waals surface area (Å²) in [5.74, 6) is -0.0531. The highest BCUT2D eigenvalue weighted by molar-refractivity contribution is 6.31. The number of benzene rings is 1. The predicted octanol–water partition coefficient (Wildman–Crippen LogP) is 2.85. The second-order valence-electron chi connectivity index (χ2n) is 4.25. The topological polar surface area (TPSA) is 86.4 Å². The Labute approximate surface area is 125 Å². The highest BCUT2D eigenvalue weighted by Crippen LogP contribution is 2.28. The Bertz CT molecular complexity index is 711. The molecule has 2 rings (SSSR count). The summed E-state index contributed by atoms with van der Waals surface area (Å²) in [5.41, 5.74) is 0.392. The molecule has 2 aromatic rings. The van der Waals surface area contributed by atoms with Gasteiger partial charge in [0.2, 0.25) is 0 Å². The Morgan fingerprint density at radius 1 is 1.43 bits per heavy atom. The van der Waals surface area contributed by atoms with Crippen LogP contribution in [0, 0.1) is 10.1 Å². The van der Waals surface area contributed by atoms with Gasteiger partial charge in [0.05, 0.1) is 23.9 Å². The molecule has 8 heteroatoms. The lowest BCUT2D eigenvalue weighted by molar-refractivity contribution is -0.384. The van der Waals surface area contributed by atoms with Crippen molar-refractivity contribution in [2.75, 3.05) is 12.4 Å². The largest absolute Gasteiger partial charge is 0.495 e. The summed E-state index contributed by atoms with van der Waals surface area (Å²) in [5, 5.41) is 13.8. The van der Waals surface area contributed by atoms with E-state index < -0.39 is 10.8 Å². The molecular weight excluding hydrogens is 298 g/mol. The summed E-state index contributed by atoms with van der Waals surface area (Å²) in [6.45, 7) is 0. The van der Waals surface area contributed by atoms with Gasteiger partial charge in [-0.3, -0.25) is 14.9 Å². The molecular formula is C13H12ClN3O4. The molecule has 110 valence electrons. The van der Waals surface area contributed by atoms with E-state index in [-0.39, 0.29) is 11.4 Å². The molecule has 1 aromatic carbocycles. The first-order valence-corrected chi connectivity index (χ1v) is 6.26. The van der Waals surface area contributed by atoms with Crippen LogP contribution >= 0.6 is 11.6 Å². The highest BCUT2D eigenvalue weighted by atomic mass is 35.5. The third-order valence-electron chi connectivity index (χ3n) is 2.84. The molecule has 0 atom stereocenters. The van der Waals surface area contributed by atoms with Crippen molar-refractivity contribution in [3.05, 3.63) is 51.3 Å². The van der Waals surface area contributed by atoms with Crippen molar-refractivity contribution < 1.29 is 14.5 Å². The van der Waals surface area contributed by atoms with Gasteiger partial charge in [-0.2, -0.15) is 0 Å². The number of hydrogen-bond acceptors (Lipinski definition) is 4. The smallest absolute Gasteiger partial charge is 0.287 e. The van der Waals surface area contributed by atoms with Crippen LogP contribution < -0.4 is 10.1 Å². The highest BCUT2D eigenvalue weighted by Gasteiger charge is 2.18. The van der Waals surface area contributed by atoms with Crippen LogP contribution in [0.1, 0.15) is 10.5 Å². The van der Waals surface area contributed by atoms with Crippen LogP contribution in [0.3, 0.4) is 0 Å². The fourth-order valence-corrected chi connectivity index (χ4v) is 2.01.